The first kappa shape index (κ1) is 16.4. The highest BCUT2D eigenvalue weighted by Crippen LogP contribution is 2.02. The first-order chi connectivity index (χ1) is 8.61. The number of nitrogens with one attached hydrogen (secondary N) is 1. The molecule has 0 heterocycles. The Bertz CT molecular complexity index is 348. The molecule has 0 fully saturated rings. The number of allylic oxidation sites excluding steroid dienone is 6. The summed E-state index contributed by atoms with van der Waals surface area (Å²) in [7, 11) is 0. The van der Waals surface area contributed by atoms with Gasteiger partial charge in [0.1, 0.15) is 0 Å². The van der Waals surface area contributed by atoms with Crippen LogP contribution in [0.4, 0.5) is 0 Å². The zero-order valence-corrected chi connectivity index (χ0v) is 11.9. The summed E-state index contributed by atoms with van der Waals surface area (Å²) in [6.45, 7) is 8.58. The monoisotopic (exact) mass is 247 g/mol. The van der Waals surface area contributed by atoms with Gasteiger partial charge in [0.15, 0.2) is 0 Å². The second kappa shape index (κ2) is 10.6. The van der Waals surface area contributed by atoms with Crippen LogP contribution in [0.1, 0.15) is 34.1 Å². The predicted octanol–water partition coefficient (Wildman–Crippen LogP) is 3.78. The van der Waals surface area contributed by atoms with E-state index in [2.05, 4.69) is 5.32 Å². The van der Waals surface area contributed by atoms with Gasteiger partial charge in [-0.2, -0.15) is 0 Å². The fourth-order valence-electron chi connectivity index (χ4n) is 1.21. The molecule has 0 rings (SSSR count). The highest BCUT2D eigenvalue weighted by Gasteiger charge is 2.07. The zero-order valence-electron chi connectivity index (χ0n) is 11.9. The van der Waals surface area contributed by atoms with Gasteiger partial charge in [0.25, 0.3) is 0 Å². The second-order valence-corrected chi connectivity index (χ2v) is 4.21. The molecule has 1 amide bonds. The molecule has 0 aromatic carbocycles. The molecule has 100 valence electrons. The summed E-state index contributed by atoms with van der Waals surface area (Å²) in [5, 5.41) is 2.92. The molecule has 2 nitrogen and oxygen atoms in total. The Morgan fingerprint density at radius 2 is 2.00 bits per heavy atom. The van der Waals surface area contributed by atoms with Crippen molar-refractivity contribution < 1.29 is 4.79 Å². The van der Waals surface area contributed by atoms with E-state index in [1.54, 1.807) is 0 Å². The lowest BCUT2D eigenvalue weighted by molar-refractivity contribution is -0.123. The van der Waals surface area contributed by atoms with E-state index in [0.717, 1.165) is 6.42 Å². The highest BCUT2D eigenvalue weighted by atomic mass is 16.1. The summed E-state index contributed by atoms with van der Waals surface area (Å²) in [5.41, 5.74) is 1.17. The molecule has 1 unspecified atom stereocenters. The second-order valence-electron chi connectivity index (χ2n) is 4.21. The molecular formula is C16H25NO. The van der Waals surface area contributed by atoms with E-state index in [1.165, 1.54) is 5.57 Å². The average Bonchev–Trinajstić information content (AvgIpc) is 2.39. The normalized spacial score (nSPS) is 14.8. The van der Waals surface area contributed by atoms with Crippen LogP contribution < -0.4 is 5.32 Å². The third-order valence-electron chi connectivity index (χ3n) is 2.57. The van der Waals surface area contributed by atoms with Crippen molar-refractivity contribution in [3.8, 4) is 0 Å². The zero-order chi connectivity index (χ0) is 13.8. The van der Waals surface area contributed by atoms with Crippen LogP contribution in [0, 0.1) is 5.92 Å². The summed E-state index contributed by atoms with van der Waals surface area (Å²) in [6.07, 6.45) is 14.8. The van der Waals surface area contributed by atoms with Gasteiger partial charge in [-0.15, -0.1) is 0 Å². The van der Waals surface area contributed by atoms with Crippen LogP contribution in [-0.2, 0) is 4.79 Å². The van der Waals surface area contributed by atoms with Gasteiger partial charge in [-0.1, -0.05) is 55.0 Å². The lowest BCUT2D eigenvalue weighted by Crippen LogP contribution is -2.28. The molecule has 0 aromatic rings. The number of amides is 1. The molecule has 0 spiro atoms. The highest BCUT2D eigenvalue weighted by molar-refractivity contribution is 5.80. The number of carbonyl (C=O) groups excluding carboxylic acids is 1. The van der Waals surface area contributed by atoms with E-state index in [4.69, 9.17) is 0 Å². The van der Waals surface area contributed by atoms with Crippen LogP contribution >= 0.6 is 0 Å². The fraction of sp³-hybridized carbons (Fsp3) is 0.438. The largest absolute Gasteiger partial charge is 0.355 e. The topological polar surface area (TPSA) is 29.1 Å². The van der Waals surface area contributed by atoms with Crippen molar-refractivity contribution >= 4 is 5.91 Å². The molecule has 0 aliphatic carbocycles. The third kappa shape index (κ3) is 8.57. The average molecular weight is 247 g/mol. The van der Waals surface area contributed by atoms with E-state index in [9.17, 15) is 4.79 Å². The Labute approximate surface area is 111 Å². The summed E-state index contributed by atoms with van der Waals surface area (Å²) in [5.74, 6) is -0.00555. The molecule has 0 aliphatic heterocycles. The third-order valence-corrected chi connectivity index (χ3v) is 2.57. The number of hydrogen-bond acceptors (Lipinski definition) is 1. The van der Waals surface area contributed by atoms with Crippen molar-refractivity contribution in [2.45, 2.75) is 34.1 Å². The summed E-state index contributed by atoms with van der Waals surface area (Å²) >= 11 is 0. The van der Waals surface area contributed by atoms with Gasteiger partial charge >= 0.3 is 0 Å². The van der Waals surface area contributed by atoms with Crippen molar-refractivity contribution in [3.63, 3.8) is 0 Å². The van der Waals surface area contributed by atoms with Gasteiger partial charge in [-0.3, -0.25) is 4.79 Å². The number of hydrogen-bond donors (Lipinski definition) is 1. The predicted molar refractivity (Wildman–Crippen MR) is 79.3 cm³/mol. The SMILES string of the molecule is C/C=C\C=C/CCNC(=O)C(C)/C=C\C(C)=C/C. The summed E-state index contributed by atoms with van der Waals surface area (Å²) in [6, 6.07) is 0. The van der Waals surface area contributed by atoms with Crippen LogP contribution in [0.5, 0.6) is 0 Å². The van der Waals surface area contributed by atoms with Gasteiger partial charge < -0.3 is 5.32 Å². The van der Waals surface area contributed by atoms with Crippen LogP contribution in [0.3, 0.4) is 0 Å². The van der Waals surface area contributed by atoms with E-state index in [-0.39, 0.29) is 11.8 Å². The van der Waals surface area contributed by atoms with E-state index >= 15 is 0 Å². The molecule has 0 aromatic heterocycles. The minimum absolute atomic E-state index is 0.0783. The molecule has 0 saturated heterocycles. The van der Waals surface area contributed by atoms with Crippen LogP contribution in [0.2, 0.25) is 0 Å². The maximum atomic E-state index is 11.7. The summed E-state index contributed by atoms with van der Waals surface area (Å²) < 4.78 is 0. The molecule has 18 heavy (non-hydrogen) atoms. The molecule has 0 saturated carbocycles. The quantitative estimate of drug-likeness (QED) is 0.538. The standard InChI is InChI=1S/C16H25NO/c1-5-7-8-9-10-13-17-16(18)15(4)12-11-14(3)6-2/h5-9,11-12,15H,10,13H2,1-4H3,(H,17,18)/b7-5-,9-8-,12-11-,14-6-. The van der Waals surface area contributed by atoms with Crippen LogP contribution in [0.25, 0.3) is 0 Å². The first-order valence-electron chi connectivity index (χ1n) is 6.48. The Kier molecular flexibility index (Phi) is 9.65. The van der Waals surface area contributed by atoms with Crippen molar-refractivity contribution in [1.29, 1.82) is 0 Å². The van der Waals surface area contributed by atoms with Crippen molar-refractivity contribution in [3.05, 3.63) is 48.1 Å². The van der Waals surface area contributed by atoms with Gasteiger partial charge in [0, 0.05) is 6.54 Å². The Morgan fingerprint density at radius 3 is 2.61 bits per heavy atom. The maximum Gasteiger partial charge on any atom is 0.226 e. The minimum atomic E-state index is -0.0839. The molecule has 0 radical (unpaired) electrons. The number of rotatable bonds is 7. The Morgan fingerprint density at radius 1 is 1.28 bits per heavy atom. The lowest BCUT2D eigenvalue weighted by atomic mass is 10.1. The molecule has 1 atom stereocenters. The van der Waals surface area contributed by atoms with Gasteiger partial charge in [-0.25, -0.2) is 0 Å². The summed E-state index contributed by atoms with van der Waals surface area (Å²) in [4.78, 5) is 11.7. The molecule has 1 N–H and O–H groups in total. The van der Waals surface area contributed by atoms with Crippen molar-refractivity contribution in [1.82, 2.24) is 5.32 Å². The Hall–Kier alpha value is -1.57. The van der Waals surface area contributed by atoms with Gasteiger partial charge in [0.2, 0.25) is 5.91 Å². The first-order valence-corrected chi connectivity index (χ1v) is 6.48. The maximum absolute atomic E-state index is 11.7. The number of carbonyl (C=O) groups is 1. The lowest BCUT2D eigenvalue weighted by Gasteiger charge is -2.07. The molecule has 0 aliphatic rings. The van der Waals surface area contributed by atoms with Crippen LogP contribution in [-0.4, -0.2) is 12.5 Å². The molecule has 2 heteroatoms. The molecular weight excluding hydrogens is 222 g/mol. The molecule has 0 bridgehead atoms. The van der Waals surface area contributed by atoms with E-state index in [1.807, 2.05) is 70.2 Å². The van der Waals surface area contributed by atoms with Crippen LogP contribution in [0.15, 0.2) is 48.1 Å². The smallest absolute Gasteiger partial charge is 0.226 e. The van der Waals surface area contributed by atoms with Crippen molar-refractivity contribution in [2.24, 2.45) is 5.92 Å². The van der Waals surface area contributed by atoms with Gasteiger partial charge in [-0.05, 0) is 27.2 Å². The van der Waals surface area contributed by atoms with E-state index in [0.29, 0.717) is 6.54 Å². The van der Waals surface area contributed by atoms with Gasteiger partial charge in [0.05, 0.1) is 5.92 Å². The minimum Gasteiger partial charge on any atom is -0.355 e. The van der Waals surface area contributed by atoms with E-state index < -0.39 is 0 Å². The Balaban J connectivity index is 3.92. The fourth-order valence-corrected chi connectivity index (χ4v) is 1.21. The van der Waals surface area contributed by atoms with Crippen molar-refractivity contribution in [2.75, 3.05) is 6.54 Å².